The highest BCUT2D eigenvalue weighted by molar-refractivity contribution is 14.0. The standard InChI is InChI=1S/C19H29F2N3O2.HI/c1-3-22-18(24-14-19(8-5-9-19)10-11-25-2)23-13-15-6-4-7-16(12-15)26-17(20)21;/h4,6-7,12,17H,3,5,8-11,13-14H2,1-2H3,(H2,22,23,24);1H. The monoisotopic (exact) mass is 497 g/mol. The van der Waals surface area contributed by atoms with Gasteiger partial charge in [-0.05, 0) is 49.3 Å². The van der Waals surface area contributed by atoms with Crippen molar-refractivity contribution in [2.75, 3.05) is 26.8 Å². The number of halogens is 3. The second kappa shape index (κ2) is 12.3. The zero-order valence-corrected chi connectivity index (χ0v) is 18.3. The number of benzene rings is 1. The summed E-state index contributed by atoms with van der Waals surface area (Å²) in [4.78, 5) is 4.57. The molecule has 2 N–H and O–H groups in total. The minimum absolute atomic E-state index is 0. The van der Waals surface area contributed by atoms with Crippen LogP contribution < -0.4 is 15.4 Å². The molecule has 0 aromatic heterocycles. The van der Waals surface area contributed by atoms with Gasteiger partial charge in [-0.15, -0.1) is 24.0 Å². The van der Waals surface area contributed by atoms with Crippen molar-refractivity contribution in [3.8, 4) is 5.75 Å². The fraction of sp³-hybridized carbons (Fsp3) is 0.632. The van der Waals surface area contributed by atoms with Gasteiger partial charge in [-0.25, -0.2) is 4.99 Å². The van der Waals surface area contributed by atoms with Crippen LogP contribution in [0.25, 0.3) is 0 Å². The van der Waals surface area contributed by atoms with E-state index < -0.39 is 6.61 Å². The minimum Gasteiger partial charge on any atom is -0.435 e. The number of hydrogen-bond donors (Lipinski definition) is 2. The molecule has 8 heteroatoms. The first kappa shape index (κ1) is 23.9. The van der Waals surface area contributed by atoms with Gasteiger partial charge in [-0.3, -0.25) is 0 Å². The van der Waals surface area contributed by atoms with Crippen molar-refractivity contribution in [2.24, 2.45) is 10.4 Å². The van der Waals surface area contributed by atoms with Crippen LogP contribution in [0.15, 0.2) is 29.3 Å². The molecular formula is C19H30F2IN3O2. The zero-order valence-electron chi connectivity index (χ0n) is 16.0. The number of nitrogens with one attached hydrogen (secondary N) is 2. The first-order valence-corrected chi connectivity index (χ1v) is 9.12. The first-order chi connectivity index (χ1) is 12.6. The number of rotatable bonds is 10. The molecule has 27 heavy (non-hydrogen) atoms. The summed E-state index contributed by atoms with van der Waals surface area (Å²) in [5.41, 5.74) is 1.11. The lowest BCUT2D eigenvalue weighted by Crippen LogP contribution is -2.46. The molecule has 154 valence electrons. The molecule has 1 aromatic carbocycles. The highest BCUT2D eigenvalue weighted by Crippen LogP contribution is 2.43. The lowest BCUT2D eigenvalue weighted by atomic mass is 9.67. The van der Waals surface area contributed by atoms with E-state index in [-0.39, 0.29) is 35.1 Å². The Bertz CT molecular complexity index is 584. The molecule has 0 radical (unpaired) electrons. The van der Waals surface area contributed by atoms with Crippen LogP contribution in [0.4, 0.5) is 8.78 Å². The molecule has 1 fully saturated rings. The van der Waals surface area contributed by atoms with E-state index in [2.05, 4.69) is 20.4 Å². The molecule has 0 aliphatic heterocycles. The Morgan fingerprint density at radius 3 is 2.67 bits per heavy atom. The molecule has 0 heterocycles. The number of ether oxygens (including phenoxy) is 2. The maximum atomic E-state index is 12.3. The molecule has 5 nitrogen and oxygen atoms in total. The predicted molar refractivity (Wildman–Crippen MR) is 114 cm³/mol. The predicted octanol–water partition coefficient (Wildman–Crippen LogP) is 4.17. The zero-order chi connectivity index (χ0) is 18.8. The van der Waals surface area contributed by atoms with Crippen LogP contribution >= 0.6 is 24.0 Å². The number of methoxy groups -OCH3 is 1. The maximum Gasteiger partial charge on any atom is 0.387 e. The van der Waals surface area contributed by atoms with Crippen molar-refractivity contribution >= 4 is 29.9 Å². The van der Waals surface area contributed by atoms with Crippen molar-refractivity contribution in [3.63, 3.8) is 0 Å². The minimum atomic E-state index is -2.82. The van der Waals surface area contributed by atoms with Crippen molar-refractivity contribution in [3.05, 3.63) is 29.8 Å². The van der Waals surface area contributed by atoms with E-state index in [1.54, 1.807) is 19.2 Å². The van der Waals surface area contributed by atoms with E-state index in [1.807, 2.05) is 13.0 Å². The summed E-state index contributed by atoms with van der Waals surface area (Å²) in [6.45, 7) is 1.96. The Morgan fingerprint density at radius 1 is 1.30 bits per heavy atom. The van der Waals surface area contributed by atoms with E-state index >= 15 is 0 Å². The van der Waals surface area contributed by atoms with Gasteiger partial charge in [-0.2, -0.15) is 8.78 Å². The van der Waals surface area contributed by atoms with Gasteiger partial charge in [0.2, 0.25) is 0 Å². The van der Waals surface area contributed by atoms with Gasteiger partial charge in [-0.1, -0.05) is 18.6 Å². The second-order valence-corrected chi connectivity index (χ2v) is 6.67. The van der Waals surface area contributed by atoms with Gasteiger partial charge in [0.25, 0.3) is 0 Å². The maximum absolute atomic E-state index is 12.3. The van der Waals surface area contributed by atoms with Gasteiger partial charge in [0.15, 0.2) is 5.96 Å². The molecule has 0 spiro atoms. The van der Waals surface area contributed by atoms with Crippen molar-refractivity contribution in [2.45, 2.75) is 45.8 Å². The Labute approximate surface area is 177 Å². The highest BCUT2D eigenvalue weighted by atomic mass is 127. The molecule has 2 rings (SSSR count). The fourth-order valence-electron chi connectivity index (χ4n) is 3.11. The van der Waals surface area contributed by atoms with Gasteiger partial charge in [0, 0.05) is 26.8 Å². The van der Waals surface area contributed by atoms with Crippen molar-refractivity contribution in [1.29, 1.82) is 0 Å². The second-order valence-electron chi connectivity index (χ2n) is 6.67. The Hall–Kier alpha value is -1.16. The van der Waals surface area contributed by atoms with E-state index in [4.69, 9.17) is 4.74 Å². The van der Waals surface area contributed by atoms with Gasteiger partial charge >= 0.3 is 6.61 Å². The topological polar surface area (TPSA) is 54.9 Å². The van der Waals surface area contributed by atoms with Crippen molar-refractivity contribution in [1.82, 2.24) is 10.6 Å². The number of aliphatic imine (C=N–C) groups is 1. The molecule has 0 atom stereocenters. The number of hydrogen-bond acceptors (Lipinski definition) is 3. The fourth-order valence-corrected chi connectivity index (χ4v) is 3.11. The van der Waals surface area contributed by atoms with Crippen LogP contribution in [0.2, 0.25) is 0 Å². The largest absolute Gasteiger partial charge is 0.435 e. The Morgan fingerprint density at radius 2 is 2.07 bits per heavy atom. The van der Waals surface area contributed by atoms with E-state index in [0.717, 1.165) is 37.6 Å². The molecule has 0 saturated heterocycles. The first-order valence-electron chi connectivity index (χ1n) is 9.12. The van der Waals surface area contributed by atoms with E-state index in [0.29, 0.717) is 6.54 Å². The van der Waals surface area contributed by atoms with Gasteiger partial charge in [0.05, 0.1) is 6.54 Å². The number of nitrogens with zero attached hydrogens (tertiary/aromatic N) is 1. The summed E-state index contributed by atoms with van der Waals surface area (Å²) in [5, 5.41) is 6.65. The summed E-state index contributed by atoms with van der Waals surface area (Å²) < 4.78 is 34.3. The average molecular weight is 497 g/mol. The summed E-state index contributed by atoms with van der Waals surface area (Å²) in [5.74, 6) is 0.884. The SMILES string of the molecule is CCNC(=NCc1cccc(OC(F)F)c1)NCC1(CCOC)CCC1.I. The summed E-state index contributed by atoms with van der Waals surface area (Å²) in [6, 6.07) is 6.64. The smallest absolute Gasteiger partial charge is 0.387 e. The summed E-state index contributed by atoms with van der Waals surface area (Å²) >= 11 is 0. The lowest BCUT2D eigenvalue weighted by molar-refractivity contribution is -0.0498. The quantitative estimate of drug-likeness (QED) is 0.290. The number of alkyl halides is 2. The van der Waals surface area contributed by atoms with Gasteiger partial charge < -0.3 is 20.1 Å². The van der Waals surface area contributed by atoms with Crippen molar-refractivity contribution < 1.29 is 18.3 Å². The third-order valence-corrected chi connectivity index (χ3v) is 4.77. The Kier molecular flexibility index (Phi) is 10.9. The van der Waals surface area contributed by atoms with E-state index in [1.165, 1.54) is 25.3 Å². The van der Waals surface area contributed by atoms with Crippen LogP contribution in [0, 0.1) is 5.41 Å². The third-order valence-electron chi connectivity index (χ3n) is 4.77. The lowest BCUT2D eigenvalue weighted by Gasteiger charge is -2.42. The molecule has 1 aromatic rings. The van der Waals surface area contributed by atoms with E-state index in [9.17, 15) is 8.78 Å². The normalized spacial score (nSPS) is 15.7. The van der Waals surface area contributed by atoms with Gasteiger partial charge in [0.1, 0.15) is 5.75 Å². The number of guanidine groups is 1. The molecule has 1 saturated carbocycles. The van der Waals surface area contributed by atoms with Crippen LogP contribution in [0.1, 0.15) is 38.2 Å². The molecule has 1 aliphatic carbocycles. The average Bonchev–Trinajstić information content (AvgIpc) is 2.58. The third kappa shape index (κ3) is 8.16. The highest BCUT2D eigenvalue weighted by Gasteiger charge is 2.36. The van der Waals surface area contributed by atoms with Crippen LogP contribution in [0.3, 0.4) is 0 Å². The molecule has 1 aliphatic rings. The van der Waals surface area contributed by atoms with Crippen LogP contribution in [-0.2, 0) is 11.3 Å². The molecule has 0 amide bonds. The molecule has 0 unspecified atom stereocenters. The summed E-state index contributed by atoms with van der Waals surface area (Å²) in [7, 11) is 1.73. The summed E-state index contributed by atoms with van der Waals surface area (Å²) in [6.07, 6.45) is 4.71. The molecular weight excluding hydrogens is 467 g/mol. The molecule has 0 bridgehead atoms. The Balaban J connectivity index is 0.00000364. The van der Waals surface area contributed by atoms with Crippen LogP contribution in [-0.4, -0.2) is 39.4 Å². The van der Waals surface area contributed by atoms with Crippen LogP contribution in [0.5, 0.6) is 5.75 Å².